The van der Waals surface area contributed by atoms with Crippen LogP contribution in [0.1, 0.15) is 68.9 Å². The molecular formula is C29H37F5O3S2. The minimum Gasteiger partial charge on any atom is -0.508 e. The minimum absolute atomic E-state index is 0.136. The number of aromatic hydroxyl groups is 2. The lowest BCUT2D eigenvalue weighted by molar-refractivity contribution is -0.284. The second kappa shape index (κ2) is 14.3. The van der Waals surface area contributed by atoms with Gasteiger partial charge in [-0.25, -0.2) is 0 Å². The van der Waals surface area contributed by atoms with Crippen LogP contribution in [-0.2, 0) is 10.2 Å². The number of phenols is 2. The summed E-state index contributed by atoms with van der Waals surface area (Å²) in [5.41, 5.74) is 2.26. The van der Waals surface area contributed by atoms with Crippen LogP contribution < -0.4 is 0 Å². The second-order valence-electron chi connectivity index (χ2n) is 10.3. The lowest BCUT2D eigenvalue weighted by Gasteiger charge is -2.43. The maximum Gasteiger partial charge on any atom is 0.453 e. The third-order valence-electron chi connectivity index (χ3n) is 7.25. The first-order valence-electron chi connectivity index (χ1n) is 13.3. The van der Waals surface area contributed by atoms with Crippen molar-refractivity contribution in [1.29, 1.82) is 0 Å². The lowest BCUT2D eigenvalue weighted by Crippen LogP contribution is -2.36. The Morgan fingerprint density at radius 3 is 2.28 bits per heavy atom. The van der Waals surface area contributed by atoms with E-state index in [0.29, 0.717) is 19.0 Å². The normalized spacial score (nSPS) is 19.7. The molecule has 2 unspecified atom stereocenters. The number of ether oxygens (including phenoxy) is 1. The molecule has 3 rings (SSSR count). The zero-order valence-corrected chi connectivity index (χ0v) is 23.7. The summed E-state index contributed by atoms with van der Waals surface area (Å²) < 4.78 is 68.1. The van der Waals surface area contributed by atoms with Gasteiger partial charge in [-0.05, 0) is 84.9 Å². The summed E-state index contributed by atoms with van der Waals surface area (Å²) in [6, 6.07) is 13.0. The van der Waals surface area contributed by atoms with E-state index in [1.54, 1.807) is 30.0 Å². The van der Waals surface area contributed by atoms with Crippen LogP contribution in [0.4, 0.5) is 22.0 Å². The largest absolute Gasteiger partial charge is 0.508 e. The summed E-state index contributed by atoms with van der Waals surface area (Å²) in [4.78, 5) is 1.10. The lowest BCUT2D eigenvalue weighted by atomic mass is 9.68. The van der Waals surface area contributed by atoms with Crippen LogP contribution in [0.25, 0.3) is 0 Å². The van der Waals surface area contributed by atoms with Crippen molar-refractivity contribution in [2.75, 3.05) is 30.5 Å². The molecule has 1 aliphatic rings. The van der Waals surface area contributed by atoms with E-state index in [-0.39, 0.29) is 29.3 Å². The van der Waals surface area contributed by atoms with E-state index in [2.05, 4.69) is 6.92 Å². The van der Waals surface area contributed by atoms with Gasteiger partial charge in [0.25, 0.3) is 0 Å². The number of alkyl halides is 5. The first-order chi connectivity index (χ1) is 18.4. The van der Waals surface area contributed by atoms with Gasteiger partial charge in [0.2, 0.25) is 0 Å². The first-order valence-corrected chi connectivity index (χ1v) is 15.4. The fourth-order valence-electron chi connectivity index (χ4n) is 4.92. The summed E-state index contributed by atoms with van der Waals surface area (Å²) in [5, 5.41) is 19.7. The molecule has 0 fully saturated rings. The van der Waals surface area contributed by atoms with Gasteiger partial charge in [0.15, 0.2) is 0 Å². The third kappa shape index (κ3) is 8.92. The highest BCUT2D eigenvalue weighted by molar-refractivity contribution is 7.99. The Bertz CT molecular complexity index is 1030. The van der Waals surface area contributed by atoms with Crippen LogP contribution in [0.2, 0.25) is 0 Å². The predicted molar refractivity (Wildman–Crippen MR) is 148 cm³/mol. The van der Waals surface area contributed by atoms with Crippen molar-refractivity contribution in [2.24, 2.45) is 0 Å². The van der Waals surface area contributed by atoms with Gasteiger partial charge in [-0.3, -0.25) is 0 Å². The molecule has 0 saturated carbocycles. The highest BCUT2D eigenvalue weighted by Crippen LogP contribution is 2.52. The number of unbranched alkanes of at least 4 members (excludes halogenated alkanes) is 2. The van der Waals surface area contributed by atoms with E-state index in [1.165, 1.54) is 22.9 Å². The van der Waals surface area contributed by atoms with Crippen LogP contribution in [0.15, 0.2) is 47.4 Å². The topological polar surface area (TPSA) is 49.7 Å². The molecule has 10 heteroatoms. The van der Waals surface area contributed by atoms with E-state index in [9.17, 15) is 32.2 Å². The van der Waals surface area contributed by atoms with Crippen molar-refractivity contribution in [3.8, 4) is 11.5 Å². The molecule has 0 spiro atoms. The molecule has 1 aliphatic heterocycles. The number of halogens is 5. The molecule has 0 aromatic heterocycles. The van der Waals surface area contributed by atoms with Crippen molar-refractivity contribution in [2.45, 2.75) is 80.2 Å². The summed E-state index contributed by atoms with van der Waals surface area (Å²) in [6.45, 7) is 3.52. The molecule has 0 aliphatic carbocycles. The standard InChI is InChI=1S/C29H37F5O3S2/c1-27(21-8-10-22(35)11-9-21)20-39-26-19-23(36)12-13-24(26)25(27)7-5-16-37-15-3-2-4-17-38-18-6-14-28(30,31)29(32,33)34/h8-13,19,25,35-36H,2-7,14-18,20H2,1H3. The van der Waals surface area contributed by atoms with Gasteiger partial charge >= 0.3 is 12.1 Å². The third-order valence-corrected chi connectivity index (χ3v) is 9.81. The van der Waals surface area contributed by atoms with Gasteiger partial charge in [-0.2, -0.15) is 33.7 Å². The van der Waals surface area contributed by atoms with Gasteiger partial charge < -0.3 is 14.9 Å². The Morgan fingerprint density at radius 2 is 1.56 bits per heavy atom. The van der Waals surface area contributed by atoms with Gasteiger partial charge in [0.1, 0.15) is 11.5 Å². The number of phenolic OH excluding ortho intramolecular Hbond substituents is 2. The molecule has 218 valence electrons. The summed E-state index contributed by atoms with van der Waals surface area (Å²) >= 11 is 3.16. The van der Waals surface area contributed by atoms with Crippen molar-refractivity contribution in [3.05, 3.63) is 53.6 Å². The quantitative estimate of drug-likeness (QED) is 0.160. The molecule has 2 aromatic rings. The van der Waals surface area contributed by atoms with Crippen LogP contribution in [0.3, 0.4) is 0 Å². The zero-order chi connectivity index (χ0) is 28.5. The number of hydrogen-bond acceptors (Lipinski definition) is 5. The SMILES string of the molecule is CC1(c2ccc(O)cc2)CSc2cc(O)ccc2C1CCCOCCCCCSCCCC(F)(F)C(F)(F)F. The van der Waals surface area contributed by atoms with Crippen molar-refractivity contribution >= 4 is 23.5 Å². The highest BCUT2D eigenvalue weighted by Gasteiger charge is 2.56. The molecule has 2 atom stereocenters. The Balaban J connectivity index is 1.36. The minimum atomic E-state index is -5.46. The Morgan fingerprint density at radius 1 is 0.897 bits per heavy atom. The van der Waals surface area contributed by atoms with Crippen LogP contribution in [-0.4, -0.2) is 52.8 Å². The van der Waals surface area contributed by atoms with Crippen LogP contribution in [0, 0.1) is 0 Å². The van der Waals surface area contributed by atoms with E-state index < -0.39 is 18.5 Å². The van der Waals surface area contributed by atoms with Gasteiger partial charge in [0.05, 0.1) is 0 Å². The predicted octanol–water partition coefficient (Wildman–Crippen LogP) is 8.92. The van der Waals surface area contributed by atoms with Gasteiger partial charge in [-0.1, -0.05) is 31.5 Å². The monoisotopic (exact) mass is 592 g/mol. The summed E-state index contributed by atoms with van der Waals surface area (Å²) in [6.07, 6.45) is -2.31. The maximum absolute atomic E-state index is 12.9. The average Bonchev–Trinajstić information content (AvgIpc) is 2.87. The number of thioether (sulfide) groups is 2. The van der Waals surface area contributed by atoms with E-state index >= 15 is 0 Å². The van der Waals surface area contributed by atoms with Gasteiger partial charge in [-0.15, -0.1) is 11.8 Å². The van der Waals surface area contributed by atoms with E-state index in [0.717, 1.165) is 48.5 Å². The molecular weight excluding hydrogens is 555 g/mol. The van der Waals surface area contributed by atoms with E-state index in [4.69, 9.17) is 4.74 Å². The molecule has 0 saturated heterocycles. The molecule has 0 radical (unpaired) electrons. The Kier molecular flexibility index (Phi) is 11.7. The molecule has 39 heavy (non-hydrogen) atoms. The molecule has 0 bridgehead atoms. The number of hydrogen-bond donors (Lipinski definition) is 2. The first kappa shape index (κ1) is 31.9. The second-order valence-corrected chi connectivity index (χ2v) is 12.5. The van der Waals surface area contributed by atoms with Crippen LogP contribution >= 0.6 is 23.5 Å². The molecule has 3 nitrogen and oxygen atoms in total. The van der Waals surface area contributed by atoms with Crippen LogP contribution in [0.5, 0.6) is 11.5 Å². The van der Waals surface area contributed by atoms with Crippen molar-refractivity contribution < 1.29 is 36.9 Å². The summed E-state index contributed by atoms with van der Waals surface area (Å²) in [7, 11) is 0. The highest BCUT2D eigenvalue weighted by atomic mass is 32.2. The van der Waals surface area contributed by atoms with E-state index in [1.807, 2.05) is 24.3 Å². The molecule has 2 aromatic carbocycles. The number of rotatable bonds is 15. The Labute approximate surface area is 235 Å². The zero-order valence-electron chi connectivity index (χ0n) is 22.1. The smallest absolute Gasteiger partial charge is 0.453 e. The molecule has 2 N–H and O–H groups in total. The van der Waals surface area contributed by atoms with Crippen molar-refractivity contribution in [3.63, 3.8) is 0 Å². The number of fused-ring (bicyclic) bond motifs is 1. The molecule has 1 heterocycles. The number of benzene rings is 2. The fraction of sp³-hybridized carbons (Fsp3) is 0.586. The fourth-order valence-corrected chi connectivity index (χ4v) is 7.29. The van der Waals surface area contributed by atoms with Crippen molar-refractivity contribution in [1.82, 2.24) is 0 Å². The molecule has 0 amide bonds. The Hall–Kier alpha value is -1.65. The maximum atomic E-state index is 12.9. The van der Waals surface area contributed by atoms with Gasteiger partial charge in [0, 0.05) is 35.7 Å². The summed E-state index contributed by atoms with van der Waals surface area (Å²) in [5.74, 6) is -1.96. The average molecular weight is 593 g/mol.